The van der Waals surface area contributed by atoms with Crippen LogP contribution in [0.3, 0.4) is 0 Å². The first-order chi connectivity index (χ1) is 8.99. The number of nitrogens with two attached hydrogens (primary N) is 1. The third-order valence-corrected chi connectivity index (χ3v) is 2.86. The van der Waals surface area contributed by atoms with E-state index in [1.807, 2.05) is 6.92 Å². The Morgan fingerprint density at radius 2 is 2.16 bits per heavy atom. The van der Waals surface area contributed by atoms with Crippen molar-refractivity contribution in [3.63, 3.8) is 0 Å². The number of nitrogens with one attached hydrogen (secondary N) is 1. The van der Waals surface area contributed by atoms with Crippen molar-refractivity contribution in [1.82, 2.24) is 15.2 Å². The number of pyridine rings is 1. The van der Waals surface area contributed by atoms with E-state index in [1.165, 1.54) is 0 Å². The van der Waals surface area contributed by atoms with Gasteiger partial charge in [-0.15, -0.1) is 0 Å². The third kappa shape index (κ3) is 4.03. The molecule has 0 aliphatic heterocycles. The van der Waals surface area contributed by atoms with Gasteiger partial charge in [-0.1, -0.05) is 6.07 Å². The zero-order valence-electron chi connectivity index (χ0n) is 11.5. The summed E-state index contributed by atoms with van der Waals surface area (Å²) in [6.07, 6.45) is 1.56. The van der Waals surface area contributed by atoms with E-state index in [1.54, 1.807) is 37.2 Å². The minimum absolute atomic E-state index is 0.130. The number of likely N-dealkylation sites (N-methyl/N-ethyl adjacent to an activating group) is 1. The molecule has 1 rings (SSSR count). The average molecular weight is 264 g/mol. The van der Waals surface area contributed by atoms with Gasteiger partial charge in [0.25, 0.3) is 5.91 Å². The Hall–Kier alpha value is -1.95. The van der Waals surface area contributed by atoms with E-state index in [4.69, 9.17) is 5.73 Å². The number of carbonyl (C=O) groups excluding carboxylic acids is 2. The third-order valence-electron chi connectivity index (χ3n) is 2.86. The highest BCUT2D eigenvalue weighted by Crippen LogP contribution is 2.00. The van der Waals surface area contributed by atoms with Crippen LogP contribution in [0.25, 0.3) is 0 Å². The van der Waals surface area contributed by atoms with Crippen LogP contribution in [-0.2, 0) is 11.3 Å². The van der Waals surface area contributed by atoms with Crippen LogP contribution in [0.15, 0.2) is 18.3 Å². The highest BCUT2D eigenvalue weighted by molar-refractivity contribution is 5.95. The Kier molecular flexibility index (Phi) is 5.44. The quantitative estimate of drug-likeness (QED) is 0.791. The number of aromatic nitrogens is 1. The van der Waals surface area contributed by atoms with E-state index in [-0.39, 0.29) is 17.5 Å². The van der Waals surface area contributed by atoms with Crippen LogP contribution in [0.1, 0.15) is 29.9 Å². The molecule has 0 aromatic carbocycles. The van der Waals surface area contributed by atoms with Crippen molar-refractivity contribution in [3.05, 3.63) is 29.6 Å². The summed E-state index contributed by atoms with van der Waals surface area (Å²) in [7, 11) is 1.69. The molecule has 2 amide bonds. The zero-order valence-corrected chi connectivity index (χ0v) is 11.5. The van der Waals surface area contributed by atoms with Gasteiger partial charge in [-0.2, -0.15) is 0 Å². The molecule has 0 spiro atoms. The monoisotopic (exact) mass is 264 g/mol. The fourth-order valence-electron chi connectivity index (χ4n) is 1.50. The topological polar surface area (TPSA) is 88.3 Å². The fourth-order valence-corrected chi connectivity index (χ4v) is 1.50. The minimum Gasteiger partial charge on any atom is -0.344 e. The summed E-state index contributed by atoms with van der Waals surface area (Å²) in [5, 5.41) is 2.62. The van der Waals surface area contributed by atoms with Gasteiger partial charge in [0.15, 0.2) is 0 Å². The lowest BCUT2D eigenvalue weighted by Gasteiger charge is -2.20. The predicted molar refractivity (Wildman–Crippen MR) is 72.4 cm³/mol. The van der Waals surface area contributed by atoms with Crippen molar-refractivity contribution in [2.75, 3.05) is 13.6 Å². The van der Waals surface area contributed by atoms with Crippen LogP contribution in [0.2, 0.25) is 0 Å². The highest BCUT2D eigenvalue weighted by atomic mass is 16.2. The number of rotatable bonds is 5. The molecule has 0 fully saturated rings. The smallest absolute Gasteiger partial charge is 0.270 e. The summed E-state index contributed by atoms with van der Waals surface area (Å²) in [6.45, 7) is 4.51. The lowest BCUT2D eigenvalue weighted by molar-refractivity contribution is -0.131. The highest BCUT2D eigenvalue weighted by Gasteiger charge is 2.19. The molecule has 1 unspecified atom stereocenters. The molecule has 1 aromatic heterocycles. The lowest BCUT2D eigenvalue weighted by atomic mass is 10.2. The molecule has 1 aromatic rings. The molecule has 0 saturated carbocycles. The van der Waals surface area contributed by atoms with Crippen LogP contribution in [0.5, 0.6) is 0 Å². The number of hydrogen-bond acceptors (Lipinski definition) is 4. The zero-order chi connectivity index (χ0) is 14.4. The molecule has 3 N–H and O–H groups in total. The second-order valence-electron chi connectivity index (χ2n) is 4.30. The molecule has 0 bridgehead atoms. The minimum atomic E-state index is -0.576. The van der Waals surface area contributed by atoms with Gasteiger partial charge in [-0.3, -0.25) is 14.6 Å². The van der Waals surface area contributed by atoms with E-state index >= 15 is 0 Å². The molecule has 6 nitrogen and oxygen atoms in total. The molecule has 6 heteroatoms. The van der Waals surface area contributed by atoms with E-state index in [9.17, 15) is 9.59 Å². The number of nitrogens with zero attached hydrogens (tertiary/aromatic N) is 2. The molecule has 0 aliphatic rings. The van der Waals surface area contributed by atoms with E-state index in [2.05, 4.69) is 10.3 Å². The average Bonchev–Trinajstić information content (AvgIpc) is 2.45. The van der Waals surface area contributed by atoms with Gasteiger partial charge in [-0.25, -0.2) is 0 Å². The SMILES string of the molecule is CCN(C)C(=O)C(C)NC(=O)c1ccc(CN)cn1. The maximum atomic E-state index is 11.9. The maximum Gasteiger partial charge on any atom is 0.270 e. The molecule has 0 aliphatic carbocycles. The maximum absolute atomic E-state index is 11.9. The number of hydrogen-bond donors (Lipinski definition) is 2. The Bertz CT molecular complexity index is 444. The van der Waals surface area contributed by atoms with E-state index in [0.29, 0.717) is 13.1 Å². The first-order valence-corrected chi connectivity index (χ1v) is 6.20. The molecular formula is C13H20N4O2. The Morgan fingerprint density at radius 1 is 1.47 bits per heavy atom. The van der Waals surface area contributed by atoms with Crippen molar-refractivity contribution in [3.8, 4) is 0 Å². The largest absolute Gasteiger partial charge is 0.344 e. The summed E-state index contributed by atoms with van der Waals surface area (Å²) >= 11 is 0. The molecule has 19 heavy (non-hydrogen) atoms. The lowest BCUT2D eigenvalue weighted by Crippen LogP contribution is -2.45. The van der Waals surface area contributed by atoms with Crippen molar-refractivity contribution in [2.45, 2.75) is 26.4 Å². The van der Waals surface area contributed by atoms with Crippen molar-refractivity contribution < 1.29 is 9.59 Å². The first kappa shape index (κ1) is 15.1. The Morgan fingerprint density at radius 3 is 2.63 bits per heavy atom. The molecular weight excluding hydrogens is 244 g/mol. The van der Waals surface area contributed by atoms with Crippen LogP contribution >= 0.6 is 0 Å². The number of carbonyl (C=O) groups is 2. The summed E-state index contributed by atoms with van der Waals surface area (Å²) in [4.78, 5) is 29.3. The summed E-state index contributed by atoms with van der Waals surface area (Å²) in [6, 6.07) is 2.76. The number of amides is 2. The standard InChI is InChI=1S/C13H20N4O2/c1-4-17(3)13(19)9(2)16-12(18)11-6-5-10(7-14)8-15-11/h5-6,8-9H,4,7,14H2,1-3H3,(H,16,18). The van der Waals surface area contributed by atoms with Gasteiger partial charge in [0, 0.05) is 26.3 Å². The molecule has 1 atom stereocenters. The molecule has 1 heterocycles. The van der Waals surface area contributed by atoms with Gasteiger partial charge in [0.2, 0.25) is 5.91 Å². The van der Waals surface area contributed by atoms with Gasteiger partial charge >= 0.3 is 0 Å². The van der Waals surface area contributed by atoms with E-state index in [0.717, 1.165) is 5.56 Å². The normalized spacial score (nSPS) is 11.8. The van der Waals surface area contributed by atoms with E-state index < -0.39 is 6.04 Å². The van der Waals surface area contributed by atoms with Gasteiger partial charge in [0.1, 0.15) is 11.7 Å². The fraction of sp³-hybridized carbons (Fsp3) is 0.462. The van der Waals surface area contributed by atoms with Crippen LogP contribution < -0.4 is 11.1 Å². The van der Waals surface area contributed by atoms with Crippen LogP contribution in [0.4, 0.5) is 0 Å². The van der Waals surface area contributed by atoms with Crippen LogP contribution in [-0.4, -0.2) is 41.3 Å². The second-order valence-corrected chi connectivity index (χ2v) is 4.30. The van der Waals surface area contributed by atoms with Gasteiger partial charge in [-0.05, 0) is 25.5 Å². The van der Waals surface area contributed by atoms with Gasteiger partial charge in [0.05, 0.1) is 0 Å². The molecule has 0 radical (unpaired) electrons. The van der Waals surface area contributed by atoms with Crippen molar-refractivity contribution in [2.24, 2.45) is 5.73 Å². The second kappa shape index (κ2) is 6.84. The van der Waals surface area contributed by atoms with Crippen molar-refractivity contribution >= 4 is 11.8 Å². The molecule has 104 valence electrons. The van der Waals surface area contributed by atoms with Crippen molar-refractivity contribution in [1.29, 1.82) is 0 Å². The Balaban J connectivity index is 2.65. The predicted octanol–water partition coefficient (Wildman–Crippen LogP) is 0.137. The Labute approximate surface area is 113 Å². The summed E-state index contributed by atoms with van der Waals surface area (Å²) in [5.74, 6) is -0.497. The summed E-state index contributed by atoms with van der Waals surface area (Å²) < 4.78 is 0. The van der Waals surface area contributed by atoms with Crippen LogP contribution in [0, 0.1) is 0 Å². The van der Waals surface area contributed by atoms with Gasteiger partial charge < -0.3 is 16.0 Å². The summed E-state index contributed by atoms with van der Waals surface area (Å²) in [5.41, 5.74) is 6.58. The molecule has 0 saturated heterocycles. The first-order valence-electron chi connectivity index (χ1n) is 6.20.